The summed E-state index contributed by atoms with van der Waals surface area (Å²) in [6.45, 7) is 4.36. The smallest absolute Gasteiger partial charge is 0.253 e. The number of benzene rings is 2. The van der Waals surface area contributed by atoms with Gasteiger partial charge in [-0.2, -0.15) is 0 Å². The van der Waals surface area contributed by atoms with Crippen LogP contribution in [0.1, 0.15) is 45.7 Å². The molecule has 1 heterocycles. The molecule has 0 radical (unpaired) electrons. The van der Waals surface area contributed by atoms with E-state index in [2.05, 4.69) is 19.2 Å². The highest BCUT2D eigenvalue weighted by Crippen LogP contribution is 2.32. The van der Waals surface area contributed by atoms with Crippen LogP contribution in [0.2, 0.25) is 0 Å². The van der Waals surface area contributed by atoms with Crippen molar-refractivity contribution in [3.05, 3.63) is 70.8 Å². The first-order valence-corrected chi connectivity index (χ1v) is 9.92. The Labute approximate surface area is 177 Å². The number of hydrogen-bond donors (Lipinski definition) is 2. The molecule has 0 saturated carbocycles. The fraction of sp³-hybridized carbons (Fsp3) is 0.333. The van der Waals surface area contributed by atoms with E-state index in [0.29, 0.717) is 11.1 Å². The molecule has 0 aromatic heterocycles. The van der Waals surface area contributed by atoms with Crippen molar-refractivity contribution in [1.29, 1.82) is 0 Å². The summed E-state index contributed by atoms with van der Waals surface area (Å²) in [4.78, 5) is 26.7. The Balaban J connectivity index is 1.88. The number of carbonyl (C=O) groups is 2. The number of fused-ring (bicyclic) bond motifs is 1. The number of likely N-dealkylation sites (N-methyl/N-ethyl adjacent to an activating group) is 1. The molecule has 158 valence electrons. The summed E-state index contributed by atoms with van der Waals surface area (Å²) in [5, 5.41) is 12.4. The first kappa shape index (κ1) is 21.6. The highest BCUT2D eigenvalue weighted by molar-refractivity contribution is 6.09. The number of methoxy groups -OCH3 is 1. The van der Waals surface area contributed by atoms with Gasteiger partial charge in [0.05, 0.1) is 13.7 Å². The molecule has 3 rings (SSSR count). The maximum absolute atomic E-state index is 12.9. The normalized spacial score (nSPS) is 15.8. The summed E-state index contributed by atoms with van der Waals surface area (Å²) in [5.41, 5.74) is 3.67. The number of ketones is 1. The van der Waals surface area contributed by atoms with Crippen molar-refractivity contribution >= 4 is 17.4 Å². The third-order valence-corrected chi connectivity index (χ3v) is 5.19. The second-order valence-corrected chi connectivity index (χ2v) is 8.16. The van der Waals surface area contributed by atoms with Crippen LogP contribution >= 0.6 is 0 Å². The number of allylic oxidation sites excluding steroid dienone is 1. The lowest BCUT2D eigenvalue weighted by Crippen LogP contribution is -2.43. The summed E-state index contributed by atoms with van der Waals surface area (Å²) in [6, 6.07) is 12.5. The number of carbonyl (C=O) groups excluding carboxylic acids is 2. The van der Waals surface area contributed by atoms with E-state index in [0.717, 1.165) is 29.0 Å². The van der Waals surface area contributed by atoms with Crippen molar-refractivity contribution in [3.63, 3.8) is 0 Å². The van der Waals surface area contributed by atoms with Crippen LogP contribution in [0, 0.1) is 0 Å². The number of nitrogens with zero attached hydrogens (tertiary/aromatic N) is 1. The van der Waals surface area contributed by atoms with Gasteiger partial charge in [-0.05, 0) is 50.1 Å². The Morgan fingerprint density at radius 1 is 1.17 bits per heavy atom. The molecular weight excluding hydrogens is 380 g/mol. The SMILES string of the molecule is COc1ccc2c(c1)C(=CC(=O)c1ccc(C(=O)N(C)CCO)cc1)NC(C)(C)C2. The van der Waals surface area contributed by atoms with E-state index in [9.17, 15) is 9.59 Å². The minimum Gasteiger partial charge on any atom is -0.497 e. The van der Waals surface area contributed by atoms with Crippen LogP contribution in [0.4, 0.5) is 0 Å². The molecule has 0 aliphatic carbocycles. The Morgan fingerprint density at radius 3 is 2.47 bits per heavy atom. The van der Waals surface area contributed by atoms with Gasteiger partial charge in [0.15, 0.2) is 5.78 Å². The lowest BCUT2D eigenvalue weighted by Gasteiger charge is -2.35. The number of hydrogen-bond acceptors (Lipinski definition) is 5. The van der Waals surface area contributed by atoms with E-state index in [-0.39, 0.29) is 30.4 Å². The molecule has 6 heteroatoms. The van der Waals surface area contributed by atoms with Crippen molar-refractivity contribution in [1.82, 2.24) is 10.2 Å². The standard InChI is InChI=1S/C24H28N2O4/c1-24(2)15-18-9-10-19(30-4)13-20(18)21(25-24)14-22(28)16-5-7-17(8-6-16)23(29)26(3)11-12-27/h5-10,13-14,25,27H,11-12,15H2,1-4H3. The van der Waals surface area contributed by atoms with Crippen molar-refractivity contribution in [2.75, 3.05) is 27.3 Å². The van der Waals surface area contributed by atoms with Gasteiger partial charge in [0.25, 0.3) is 5.91 Å². The molecule has 30 heavy (non-hydrogen) atoms. The van der Waals surface area contributed by atoms with E-state index < -0.39 is 0 Å². The first-order valence-electron chi connectivity index (χ1n) is 9.92. The molecule has 0 spiro atoms. The monoisotopic (exact) mass is 408 g/mol. The topological polar surface area (TPSA) is 78.9 Å². The number of aliphatic hydroxyl groups excluding tert-OH is 1. The average Bonchev–Trinajstić information content (AvgIpc) is 2.72. The van der Waals surface area contributed by atoms with Crippen molar-refractivity contribution in [2.45, 2.75) is 25.8 Å². The second-order valence-electron chi connectivity index (χ2n) is 8.16. The molecule has 0 atom stereocenters. The fourth-order valence-corrected chi connectivity index (χ4v) is 3.62. The van der Waals surface area contributed by atoms with Crippen molar-refractivity contribution < 1.29 is 19.4 Å². The summed E-state index contributed by atoms with van der Waals surface area (Å²) < 4.78 is 5.35. The van der Waals surface area contributed by atoms with Crippen LogP contribution < -0.4 is 10.1 Å². The van der Waals surface area contributed by atoms with Crippen LogP contribution in [-0.2, 0) is 6.42 Å². The Hall–Kier alpha value is -3.12. The van der Waals surface area contributed by atoms with Crippen LogP contribution in [0.15, 0.2) is 48.5 Å². The minimum absolute atomic E-state index is 0.0952. The van der Waals surface area contributed by atoms with Gasteiger partial charge < -0.3 is 20.1 Å². The van der Waals surface area contributed by atoms with Gasteiger partial charge >= 0.3 is 0 Å². The Bertz CT molecular complexity index is 977. The van der Waals surface area contributed by atoms with Crippen molar-refractivity contribution in [2.24, 2.45) is 0 Å². The van der Waals surface area contributed by atoms with E-state index in [1.54, 1.807) is 44.5 Å². The predicted octanol–water partition coefficient (Wildman–Crippen LogP) is 2.91. The quantitative estimate of drug-likeness (QED) is 0.568. The summed E-state index contributed by atoms with van der Waals surface area (Å²) in [7, 11) is 3.25. The number of ether oxygens (including phenoxy) is 1. The van der Waals surface area contributed by atoms with Gasteiger partial charge in [-0.15, -0.1) is 0 Å². The van der Waals surface area contributed by atoms with Crippen LogP contribution in [0.5, 0.6) is 5.75 Å². The van der Waals surface area contributed by atoms with Crippen molar-refractivity contribution in [3.8, 4) is 5.75 Å². The molecular formula is C24H28N2O4. The predicted molar refractivity (Wildman–Crippen MR) is 117 cm³/mol. The molecule has 1 aliphatic rings. The van der Waals surface area contributed by atoms with Gasteiger partial charge in [0.1, 0.15) is 5.75 Å². The largest absolute Gasteiger partial charge is 0.497 e. The summed E-state index contributed by atoms with van der Waals surface area (Å²) in [5.74, 6) is 0.397. The molecule has 0 bridgehead atoms. The molecule has 2 aromatic rings. The van der Waals surface area contributed by atoms with Crippen LogP contribution in [0.25, 0.3) is 5.70 Å². The van der Waals surface area contributed by atoms with E-state index in [1.165, 1.54) is 4.90 Å². The molecule has 2 aromatic carbocycles. The van der Waals surface area contributed by atoms with Gasteiger partial charge in [-0.3, -0.25) is 9.59 Å². The Morgan fingerprint density at radius 2 is 1.83 bits per heavy atom. The Kier molecular flexibility index (Phi) is 6.27. The number of aliphatic hydroxyl groups is 1. The highest BCUT2D eigenvalue weighted by atomic mass is 16.5. The maximum Gasteiger partial charge on any atom is 0.253 e. The maximum atomic E-state index is 12.9. The fourth-order valence-electron chi connectivity index (χ4n) is 3.62. The lowest BCUT2D eigenvalue weighted by atomic mass is 9.85. The molecule has 2 N–H and O–H groups in total. The highest BCUT2D eigenvalue weighted by Gasteiger charge is 2.28. The van der Waals surface area contributed by atoms with Crippen LogP contribution in [0.3, 0.4) is 0 Å². The van der Waals surface area contributed by atoms with Gasteiger partial charge in [0, 0.05) is 47.6 Å². The summed E-state index contributed by atoms with van der Waals surface area (Å²) in [6.07, 6.45) is 2.45. The minimum atomic E-state index is -0.196. The van der Waals surface area contributed by atoms with E-state index >= 15 is 0 Å². The number of rotatable bonds is 6. The molecule has 0 fully saturated rings. The van der Waals surface area contributed by atoms with Gasteiger partial charge in [-0.1, -0.05) is 18.2 Å². The molecule has 1 amide bonds. The zero-order chi connectivity index (χ0) is 21.9. The zero-order valence-electron chi connectivity index (χ0n) is 17.9. The lowest BCUT2D eigenvalue weighted by molar-refractivity contribution is 0.0766. The van der Waals surface area contributed by atoms with Gasteiger partial charge in [-0.25, -0.2) is 0 Å². The summed E-state index contributed by atoms with van der Waals surface area (Å²) >= 11 is 0. The third-order valence-electron chi connectivity index (χ3n) is 5.19. The molecule has 1 aliphatic heterocycles. The average molecular weight is 408 g/mol. The zero-order valence-corrected chi connectivity index (χ0v) is 17.9. The first-order chi connectivity index (χ1) is 14.2. The van der Waals surface area contributed by atoms with Gasteiger partial charge in [0.2, 0.25) is 0 Å². The number of nitrogens with one attached hydrogen (secondary N) is 1. The molecule has 6 nitrogen and oxygen atoms in total. The molecule has 0 unspecified atom stereocenters. The van der Waals surface area contributed by atoms with E-state index in [1.807, 2.05) is 18.2 Å². The van der Waals surface area contributed by atoms with Crippen LogP contribution in [-0.4, -0.2) is 54.5 Å². The molecule has 0 saturated heterocycles. The third kappa shape index (κ3) is 4.71. The second kappa shape index (κ2) is 8.71. The number of amides is 1. The van der Waals surface area contributed by atoms with E-state index in [4.69, 9.17) is 9.84 Å².